The van der Waals surface area contributed by atoms with Crippen molar-refractivity contribution in [3.63, 3.8) is 0 Å². The predicted molar refractivity (Wildman–Crippen MR) is 73.9 cm³/mol. The zero-order valence-corrected chi connectivity index (χ0v) is 12.7. The average molecular weight is 282 g/mol. The van der Waals surface area contributed by atoms with Gasteiger partial charge in [-0.05, 0) is 44.4 Å². The maximum atomic E-state index is 11.7. The van der Waals surface area contributed by atoms with Crippen LogP contribution in [-0.2, 0) is 9.53 Å². The molecule has 2 N–H and O–H groups in total. The first kappa shape index (κ1) is 14.3. The summed E-state index contributed by atoms with van der Waals surface area (Å²) < 4.78 is 5.32. The predicted octanol–water partition coefficient (Wildman–Crippen LogP) is 1.88. The van der Waals surface area contributed by atoms with Crippen molar-refractivity contribution in [3.8, 4) is 0 Å². The maximum absolute atomic E-state index is 11.7. The van der Waals surface area contributed by atoms with Crippen LogP contribution in [0.15, 0.2) is 0 Å². The van der Waals surface area contributed by atoms with Crippen molar-refractivity contribution >= 4 is 5.97 Å². The monoisotopic (exact) mass is 282 g/mol. The van der Waals surface area contributed by atoms with Crippen molar-refractivity contribution in [3.05, 3.63) is 0 Å². The molecule has 3 aliphatic rings. The molecule has 0 aromatic carbocycles. The second-order valence-electron chi connectivity index (χ2n) is 7.72. The van der Waals surface area contributed by atoms with Crippen molar-refractivity contribution < 1.29 is 19.7 Å². The molecule has 0 aromatic heterocycles. The highest BCUT2D eigenvalue weighted by atomic mass is 16.5. The summed E-state index contributed by atoms with van der Waals surface area (Å²) in [7, 11) is 0. The van der Waals surface area contributed by atoms with E-state index in [0.29, 0.717) is 25.4 Å². The third kappa shape index (κ3) is 1.58. The topological polar surface area (TPSA) is 66.8 Å². The Labute approximate surface area is 120 Å². The molecular formula is C16H26O4. The van der Waals surface area contributed by atoms with Gasteiger partial charge in [0.25, 0.3) is 0 Å². The van der Waals surface area contributed by atoms with Crippen molar-refractivity contribution in [2.45, 2.75) is 64.6 Å². The minimum atomic E-state index is -1.09. The van der Waals surface area contributed by atoms with Gasteiger partial charge >= 0.3 is 5.97 Å². The minimum absolute atomic E-state index is 0.105. The lowest BCUT2D eigenvalue weighted by Crippen LogP contribution is -2.65. The van der Waals surface area contributed by atoms with Gasteiger partial charge in [0, 0.05) is 10.8 Å². The third-order valence-corrected chi connectivity index (χ3v) is 7.05. The van der Waals surface area contributed by atoms with Crippen LogP contribution in [0.25, 0.3) is 0 Å². The van der Waals surface area contributed by atoms with Crippen molar-refractivity contribution in [2.24, 2.45) is 22.7 Å². The van der Waals surface area contributed by atoms with Crippen molar-refractivity contribution in [2.75, 3.05) is 6.61 Å². The molecule has 1 heterocycles. The van der Waals surface area contributed by atoms with Gasteiger partial charge < -0.3 is 14.9 Å². The van der Waals surface area contributed by atoms with E-state index in [1.807, 2.05) is 0 Å². The number of esters is 1. The number of fused-ring (bicyclic) bond motifs is 2. The number of rotatable bonds is 0. The zero-order valence-electron chi connectivity index (χ0n) is 12.7. The highest BCUT2D eigenvalue weighted by Crippen LogP contribution is 2.65. The lowest BCUT2D eigenvalue weighted by Gasteiger charge is -2.62. The molecule has 6 unspecified atom stereocenters. The fourth-order valence-corrected chi connectivity index (χ4v) is 5.28. The second-order valence-corrected chi connectivity index (χ2v) is 7.72. The van der Waals surface area contributed by atoms with E-state index in [1.165, 1.54) is 0 Å². The van der Waals surface area contributed by atoms with Gasteiger partial charge in [-0.3, -0.25) is 4.79 Å². The van der Waals surface area contributed by atoms with Crippen LogP contribution in [0.2, 0.25) is 0 Å². The van der Waals surface area contributed by atoms with Crippen LogP contribution in [0.1, 0.15) is 52.9 Å². The number of ether oxygens (including phenoxy) is 1. The fraction of sp³-hybridized carbons (Fsp3) is 0.938. The summed E-state index contributed by atoms with van der Waals surface area (Å²) in [5.41, 5.74) is -1.58. The number of aliphatic hydroxyl groups is 2. The Kier molecular flexibility index (Phi) is 3.01. The zero-order chi connectivity index (χ0) is 14.8. The van der Waals surface area contributed by atoms with E-state index in [-0.39, 0.29) is 22.7 Å². The summed E-state index contributed by atoms with van der Waals surface area (Å²) >= 11 is 0. The van der Waals surface area contributed by atoms with Crippen LogP contribution in [0.4, 0.5) is 0 Å². The average Bonchev–Trinajstić information content (AvgIpc) is 2.76. The lowest BCUT2D eigenvalue weighted by molar-refractivity contribution is -0.236. The van der Waals surface area contributed by atoms with E-state index in [9.17, 15) is 15.0 Å². The molecule has 4 heteroatoms. The SMILES string of the molecule is CC1CCC2(C)C(CCC(O)C2(C)O)C12COC(=O)C2. The number of carbonyl (C=O) groups is 1. The Hall–Kier alpha value is -0.610. The lowest BCUT2D eigenvalue weighted by atomic mass is 9.43. The molecule has 4 nitrogen and oxygen atoms in total. The Morgan fingerprint density at radius 1 is 1.25 bits per heavy atom. The summed E-state index contributed by atoms with van der Waals surface area (Å²) in [4.78, 5) is 11.7. The van der Waals surface area contributed by atoms with E-state index < -0.39 is 11.7 Å². The van der Waals surface area contributed by atoms with Gasteiger partial charge in [0.15, 0.2) is 0 Å². The van der Waals surface area contributed by atoms with Gasteiger partial charge in [-0.2, -0.15) is 0 Å². The van der Waals surface area contributed by atoms with E-state index in [0.717, 1.165) is 19.3 Å². The van der Waals surface area contributed by atoms with Gasteiger partial charge in [-0.15, -0.1) is 0 Å². The molecule has 0 bridgehead atoms. The van der Waals surface area contributed by atoms with Gasteiger partial charge in [0.05, 0.1) is 24.7 Å². The number of aliphatic hydroxyl groups excluding tert-OH is 1. The number of carbonyl (C=O) groups excluding carboxylic acids is 1. The molecule has 114 valence electrons. The van der Waals surface area contributed by atoms with E-state index in [2.05, 4.69) is 13.8 Å². The molecule has 0 aromatic rings. The summed E-state index contributed by atoms with van der Waals surface area (Å²) in [5.74, 6) is 0.563. The first-order valence-corrected chi connectivity index (χ1v) is 7.80. The van der Waals surface area contributed by atoms with Gasteiger partial charge in [-0.1, -0.05) is 13.8 Å². The summed E-state index contributed by atoms with van der Waals surface area (Å²) in [6, 6.07) is 0. The second kappa shape index (κ2) is 4.20. The van der Waals surface area contributed by atoms with Crippen LogP contribution in [0.3, 0.4) is 0 Å². The molecule has 1 spiro atoms. The Morgan fingerprint density at radius 2 is 1.95 bits per heavy atom. The molecule has 3 rings (SSSR count). The smallest absolute Gasteiger partial charge is 0.306 e. The minimum Gasteiger partial charge on any atom is -0.465 e. The highest BCUT2D eigenvalue weighted by molar-refractivity contribution is 5.72. The van der Waals surface area contributed by atoms with E-state index in [1.54, 1.807) is 6.92 Å². The van der Waals surface area contributed by atoms with Gasteiger partial charge in [0.1, 0.15) is 0 Å². The highest BCUT2D eigenvalue weighted by Gasteiger charge is 2.66. The van der Waals surface area contributed by atoms with Crippen molar-refractivity contribution in [1.82, 2.24) is 0 Å². The van der Waals surface area contributed by atoms with Crippen molar-refractivity contribution in [1.29, 1.82) is 0 Å². The Balaban J connectivity index is 2.04. The summed E-state index contributed by atoms with van der Waals surface area (Å²) in [5, 5.41) is 21.2. The van der Waals surface area contributed by atoms with Crippen LogP contribution in [-0.4, -0.2) is 34.5 Å². The Morgan fingerprint density at radius 3 is 2.55 bits per heavy atom. The third-order valence-electron chi connectivity index (χ3n) is 7.05. The van der Waals surface area contributed by atoms with Gasteiger partial charge in [0.2, 0.25) is 0 Å². The van der Waals surface area contributed by atoms with Crippen LogP contribution in [0, 0.1) is 22.7 Å². The quantitative estimate of drug-likeness (QED) is 0.666. The Bertz CT molecular complexity index is 432. The standard InChI is InChI=1S/C16H26O4/c1-10-6-7-14(2)11(4-5-12(17)15(14,3)19)16(10)8-13(18)20-9-16/h10-12,17,19H,4-9H2,1-3H3. The normalized spacial score (nSPS) is 55.6. The number of hydrogen-bond donors (Lipinski definition) is 2. The summed E-state index contributed by atoms with van der Waals surface area (Å²) in [6.07, 6.45) is 3.16. The largest absolute Gasteiger partial charge is 0.465 e. The van der Waals surface area contributed by atoms with Crippen LogP contribution in [0.5, 0.6) is 0 Å². The van der Waals surface area contributed by atoms with Crippen LogP contribution < -0.4 is 0 Å². The first-order chi connectivity index (χ1) is 9.24. The molecule has 0 radical (unpaired) electrons. The molecule has 2 aliphatic carbocycles. The molecule has 20 heavy (non-hydrogen) atoms. The number of hydrogen-bond acceptors (Lipinski definition) is 4. The summed E-state index contributed by atoms with van der Waals surface area (Å²) in [6.45, 7) is 6.56. The molecule has 1 saturated heterocycles. The molecule has 0 amide bonds. The molecule has 6 atom stereocenters. The fourth-order valence-electron chi connectivity index (χ4n) is 5.28. The molecular weight excluding hydrogens is 256 g/mol. The van der Waals surface area contributed by atoms with Gasteiger partial charge in [-0.25, -0.2) is 0 Å². The molecule has 3 fully saturated rings. The molecule has 2 saturated carbocycles. The maximum Gasteiger partial charge on any atom is 0.306 e. The first-order valence-electron chi connectivity index (χ1n) is 7.80. The van der Waals surface area contributed by atoms with Crippen LogP contribution >= 0.6 is 0 Å². The number of cyclic esters (lactones) is 1. The van der Waals surface area contributed by atoms with E-state index >= 15 is 0 Å². The van der Waals surface area contributed by atoms with E-state index in [4.69, 9.17) is 4.74 Å². The molecule has 1 aliphatic heterocycles.